The van der Waals surface area contributed by atoms with Gasteiger partial charge >= 0.3 is 0 Å². The normalized spacial score (nSPS) is 29.6. The molecule has 2 aliphatic heterocycles. The van der Waals surface area contributed by atoms with Gasteiger partial charge in [-0.2, -0.15) is 0 Å². The Kier molecular flexibility index (Phi) is 4.24. The molecule has 0 aliphatic carbocycles. The predicted octanol–water partition coefficient (Wildman–Crippen LogP) is 2.52. The Morgan fingerprint density at radius 3 is 2.90 bits per heavy atom. The fourth-order valence-electron chi connectivity index (χ4n) is 3.85. The summed E-state index contributed by atoms with van der Waals surface area (Å²) in [7, 11) is 0. The number of carbonyl (C=O) groups is 1. The van der Waals surface area contributed by atoms with Gasteiger partial charge in [0.2, 0.25) is 5.91 Å². The molecule has 2 saturated heterocycles. The molecule has 1 amide bonds. The Morgan fingerprint density at radius 1 is 1.43 bits per heavy atom. The minimum atomic E-state index is -0.187. The fraction of sp³-hybridized carbons (Fsp3) is 0.647. The fourth-order valence-corrected chi connectivity index (χ4v) is 3.85. The molecule has 0 saturated carbocycles. The van der Waals surface area contributed by atoms with Gasteiger partial charge in [0.25, 0.3) is 0 Å². The summed E-state index contributed by atoms with van der Waals surface area (Å²) in [6.07, 6.45) is 8.89. The highest BCUT2D eigenvalue weighted by Gasteiger charge is 2.43. The zero-order chi connectivity index (χ0) is 14.7. The van der Waals surface area contributed by atoms with E-state index in [1.165, 1.54) is 5.56 Å². The van der Waals surface area contributed by atoms with Gasteiger partial charge in [-0.3, -0.25) is 9.78 Å². The maximum absolute atomic E-state index is 13.2. The van der Waals surface area contributed by atoms with Crippen LogP contribution < -0.4 is 5.32 Å². The van der Waals surface area contributed by atoms with Crippen LogP contribution in [0.5, 0.6) is 0 Å². The van der Waals surface area contributed by atoms with Gasteiger partial charge in [-0.15, -0.1) is 0 Å². The molecular weight excluding hydrogens is 262 g/mol. The lowest BCUT2D eigenvalue weighted by Gasteiger charge is -2.40. The van der Waals surface area contributed by atoms with Crippen LogP contribution in [0.25, 0.3) is 0 Å². The Hall–Kier alpha value is -1.42. The monoisotopic (exact) mass is 287 g/mol. The lowest BCUT2D eigenvalue weighted by atomic mass is 9.77. The summed E-state index contributed by atoms with van der Waals surface area (Å²) in [6, 6.07) is 4.34. The van der Waals surface area contributed by atoms with Crippen LogP contribution in [0.3, 0.4) is 0 Å². The number of likely N-dealkylation sites (tertiary alicyclic amines) is 1. The number of rotatable bonds is 3. The molecule has 0 aromatic carbocycles. The van der Waals surface area contributed by atoms with Crippen molar-refractivity contribution in [2.45, 2.75) is 45.1 Å². The Bertz CT molecular complexity index is 482. The first kappa shape index (κ1) is 14.5. The van der Waals surface area contributed by atoms with Crippen LogP contribution >= 0.6 is 0 Å². The highest BCUT2D eigenvalue weighted by molar-refractivity contribution is 5.84. The van der Waals surface area contributed by atoms with Gasteiger partial charge in [-0.1, -0.05) is 6.92 Å². The first-order chi connectivity index (χ1) is 10.3. The van der Waals surface area contributed by atoms with Crippen LogP contribution in [0.15, 0.2) is 24.5 Å². The maximum atomic E-state index is 13.2. The van der Waals surface area contributed by atoms with E-state index in [2.05, 4.69) is 22.1 Å². The first-order valence-electron chi connectivity index (χ1n) is 8.18. The predicted molar refractivity (Wildman–Crippen MR) is 82.8 cm³/mol. The largest absolute Gasteiger partial charge is 0.335 e. The lowest BCUT2D eigenvalue weighted by molar-refractivity contribution is -0.144. The van der Waals surface area contributed by atoms with Crippen molar-refractivity contribution >= 4 is 5.91 Å². The SMILES string of the molecule is CCC1(C(=O)N2CCCC2c2ccncc2)CCCNC1. The Balaban J connectivity index is 1.82. The third-order valence-electron chi connectivity index (χ3n) is 5.21. The van der Waals surface area contributed by atoms with E-state index in [1.54, 1.807) is 0 Å². The molecule has 1 N–H and O–H groups in total. The quantitative estimate of drug-likeness (QED) is 0.929. The van der Waals surface area contributed by atoms with Crippen molar-refractivity contribution < 1.29 is 4.79 Å². The van der Waals surface area contributed by atoms with Crippen molar-refractivity contribution in [3.05, 3.63) is 30.1 Å². The average Bonchev–Trinajstić information content (AvgIpc) is 3.05. The molecule has 3 heterocycles. The Labute approximate surface area is 126 Å². The number of carbonyl (C=O) groups excluding carboxylic acids is 1. The molecule has 2 aliphatic rings. The average molecular weight is 287 g/mol. The van der Waals surface area contributed by atoms with Crippen molar-refractivity contribution in [2.24, 2.45) is 5.41 Å². The standard InChI is InChI=1S/C17H25N3O/c1-2-17(8-4-9-19-13-17)16(21)20-12-3-5-15(20)14-6-10-18-11-7-14/h6-7,10-11,15,19H,2-5,8-9,12-13H2,1H3. The van der Waals surface area contributed by atoms with Gasteiger partial charge in [0.15, 0.2) is 0 Å². The number of piperidine rings is 1. The third kappa shape index (κ3) is 2.69. The number of nitrogens with zero attached hydrogens (tertiary/aromatic N) is 2. The second-order valence-corrected chi connectivity index (χ2v) is 6.35. The number of aromatic nitrogens is 1. The molecule has 4 nitrogen and oxygen atoms in total. The molecular formula is C17H25N3O. The molecule has 21 heavy (non-hydrogen) atoms. The molecule has 1 aromatic rings. The summed E-state index contributed by atoms with van der Waals surface area (Å²) in [5.41, 5.74) is 1.04. The molecule has 4 heteroatoms. The molecule has 0 bridgehead atoms. The third-order valence-corrected chi connectivity index (χ3v) is 5.21. The minimum absolute atomic E-state index is 0.187. The number of hydrogen-bond acceptors (Lipinski definition) is 3. The minimum Gasteiger partial charge on any atom is -0.335 e. The van der Waals surface area contributed by atoms with Crippen LogP contribution in [-0.4, -0.2) is 35.4 Å². The van der Waals surface area contributed by atoms with Gasteiger partial charge < -0.3 is 10.2 Å². The van der Waals surface area contributed by atoms with Gasteiger partial charge in [0, 0.05) is 25.5 Å². The highest BCUT2D eigenvalue weighted by Crippen LogP contribution is 2.39. The molecule has 114 valence electrons. The van der Waals surface area contributed by atoms with Crippen LogP contribution in [0, 0.1) is 5.41 Å². The maximum Gasteiger partial charge on any atom is 0.230 e. The van der Waals surface area contributed by atoms with Crippen LogP contribution in [0.2, 0.25) is 0 Å². The second kappa shape index (κ2) is 6.14. The second-order valence-electron chi connectivity index (χ2n) is 6.35. The Morgan fingerprint density at radius 2 is 2.24 bits per heavy atom. The summed E-state index contributed by atoms with van der Waals surface area (Å²) >= 11 is 0. The summed E-state index contributed by atoms with van der Waals surface area (Å²) in [5.74, 6) is 0.358. The number of amides is 1. The van der Waals surface area contributed by atoms with E-state index in [0.29, 0.717) is 5.91 Å². The van der Waals surface area contributed by atoms with E-state index in [-0.39, 0.29) is 11.5 Å². The van der Waals surface area contributed by atoms with E-state index in [9.17, 15) is 4.79 Å². The van der Waals surface area contributed by atoms with Gasteiger partial charge in [-0.25, -0.2) is 0 Å². The van der Waals surface area contributed by atoms with Crippen LogP contribution in [0.1, 0.15) is 50.6 Å². The molecule has 2 atom stereocenters. The number of nitrogens with one attached hydrogen (secondary N) is 1. The molecule has 0 spiro atoms. The summed E-state index contributed by atoms with van der Waals surface area (Å²) in [5, 5.41) is 3.43. The van der Waals surface area contributed by atoms with Crippen LogP contribution in [0.4, 0.5) is 0 Å². The van der Waals surface area contributed by atoms with Crippen molar-refractivity contribution in [3.8, 4) is 0 Å². The van der Waals surface area contributed by atoms with Gasteiger partial charge in [-0.05, 0) is 56.3 Å². The number of hydrogen-bond donors (Lipinski definition) is 1. The van der Waals surface area contributed by atoms with Crippen LogP contribution in [-0.2, 0) is 4.79 Å². The molecule has 3 rings (SSSR count). The molecule has 2 fully saturated rings. The first-order valence-corrected chi connectivity index (χ1v) is 8.18. The molecule has 0 radical (unpaired) electrons. The zero-order valence-electron chi connectivity index (χ0n) is 12.8. The highest BCUT2D eigenvalue weighted by atomic mass is 16.2. The number of pyridine rings is 1. The van der Waals surface area contributed by atoms with E-state index >= 15 is 0 Å². The molecule has 2 unspecified atom stereocenters. The zero-order valence-corrected chi connectivity index (χ0v) is 12.8. The van der Waals surface area contributed by atoms with Gasteiger partial charge in [0.05, 0.1) is 11.5 Å². The molecule has 1 aromatic heterocycles. The van der Waals surface area contributed by atoms with Gasteiger partial charge in [0.1, 0.15) is 0 Å². The van der Waals surface area contributed by atoms with Crippen molar-refractivity contribution in [3.63, 3.8) is 0 Å². The van der Waals surface area contributed by atoms with E-state index in [0.717, 1.165) is 51.7 Å². The lowest BCUT2D eigenvalue weighted by Crippen LogP contribution is -2.51. The van der Waals surface area contributed by atoms with E-state index in [4.69, 9.17) is 0 Å². The summed E-state index contributed by atoms with van der Waals surface area (Å²) in [4.78, 5) is 19.4. The van der Waals surface area contributed by atoms with E-state index in [1.807, 2.05) is 24.5 Å². The van der Waals surface area contributed by atoms with Crippen molar-refractivity contribution in [2.75, 3.05) is 19.6 Å². The van der Waals surface area contributed by atoms with Crippen molar-refractivity contribution in [1.82, 2.24) is 15.2 Å². The summed E-state index contributed by atoms with van der Waals surface area (Å²) in [6.45, 7) is 4.93. The smallest absolute Gasteiger partial charge is 0.230 e. The topological polar surface area (TPSA) is 45.2 Å². The van der Waals surface area contributed by atoms with Crippen molar-refractivity contribution in [1.29, 1.82) is 0 Å². The summed E-state index contributed by atoms with van der Waals surface area (Å²) < 4.78 is 0. The van der Waals surface area contributed by atoms with E-state index < -0.39 is 0 Å².